The zero-order valence-corrected chi connectivity index (χ0v) is 46.5. The Morgan fingerprint density at radius 3 is 0.500 bits per heavy atom. The normalized spacial score (nSPS) is 11.6. The van der Waals surface area contributed by atoms with E-state index in [0.717, 1.165) is 12.8 Å². The van der Waals surface area contributed by atoms with Crippen molar-refractivity contribution in [2.75, 3.05) is 6.61 Å². The predicted molar refractivity (Wildman–Crippen MR) is 299 cm³/mol. The number of carbonyl (C=O) groups excluding carboxylic acids is 1. The fraction of sp³-hybridized carbons (Fsp3) is 0.984. The quantitative estimate of drug-likeness (QED) is 0.0449. The lowest BCUT2D eigenvalue weighted by Gasteiger charge is -2.06. The van der Waals surface area contributed by atoms with Crippen molar-refractivity contribution in [1.82, 2.24) is 0 Å². The molecule has 0 aliphatic heterocycles. The highest BCUT2D eigenvalue weighted by Gasteiger charge is 2.04. The summed E-state index contributed by atoms with van der Waals surface area (Å²) < 4.78 is 5.52. The largest absolute Gasteiger partial charge is 0.466 e. The molecule has 0 N–H and O–H groups in total. The first-order chi connectivity index (χ1) is 32.8. The average Bonchev–Trinajstić information content (AvgIpc) is 3.32. The lowest BCUT2D eigenvalue weighted by Crippen LogP contribution is -2.05. The van der Waals surface area contributed by atoms with Crippen LogP contribution in [-0.2, 0) is 9.53 Å². The summed E-state index contributed by atoms with van der Waals surface area (Å²) in [7, 11) is 0. The number of hydrogen-bond acceptors (Lipinski definition) is 2. The minimum absolute atomic E-state index is 0.0369. The molecular formula is C64H128O2. The fourth-order valence-corrected chi connectivity index (χ4v) is 10.5. The van der Waals surface area contributed by atoms with Crippen LogP contribution in [0.5, 0.6) is 0 Å². The van der Waals surface area contributed by atoms with Gasteiger partial charge in [0.05, 0.1) is 6.61 Å². The van der Waals surface area contributed by atoms with Crippen molar-refractivity contribution in [2.24, 2.45) is 0 Å². The Balaban J connectivity index is 3.13. The van der Waals surface area contributed by atoms with Crippen LogP contribution in [-0.4, -0.2) is 12.6 Å². The van der Waals surface area contributed by atoms with E-state index < -0.39 is 0 Å². The maximum atomic E-state index is 12.1. The minimum atomic E-state index is 0.0369. The first kappa shape index (κ1) is 65.5. The molecule has 0 spiro atoms. The number of carbonyl (C=O) groups is 1. The van der Waals surface area contributed by atoms with Crippen LogP contribution in [0.25, 0.3) is 0 Å². The predicted octanol–water partition coefficient (Wildman–Crippen LogP) is 24.0. The molecule has 0 saturated heterocycles. The third kappa shape index (κ3) is 61.5. The third-order valence-corrected chi connectivity index (χ3v) is 15.2. The molecule has 0 aliphatic carbocycles. The summed E-state index contributed by atoms with van der Waals surface area (Å²) in [6.07, 6.45) is 84.7. The smallest absolute Gasteiger partial charge is 0.305 e. The molecule has 0 heterocycles. The van der Waals surface area contributed by atoms with Crippen molar-refractivity contribution in [3.63, 3.8) is 0 Å². The van der Waals surface area contributed by atoms with Crippen LogP contribution < -0.4 is 0 Å². The van der Waals surface area contributed by atoms with Gasteiger partial charge in [-0.25, -0.2) is 0 Å². The van der Waals surface area contributed by atoms with E-state index >= 15 is 0 Å². The molecule has 2 heteroatoms. The van der Waals surface area contributed by atoms with Crippen molar-refractivity contribution < 1.29 is 9.53 Å². The Hall–Kier alpha value is -0.530. The molecule has 66 heavy (non-hydrogen) atoms. The molecule has 0 fully saturated rings. The number of rotatable bonds is 61. The van der Waals surface area contributed by atoms with Crippen LogP contribution in [0.1, 0.15) is 399 Å². The second-order valence-electron chi connectivity index (χ2n) is 22.1. The van der Waals surface area contributed by atoms with Crippen LogP contribution >= 0.6 is 0 Å². The van der Waals surface area contributed by atoms with E-state index in [-0.39, 0.29) is 5.97 Å². The van der Waals surface area contributed by atoms with Gasteiger partial charge in [-0.3, -0.25) is 4.79 Å². The van der Waals surface area contributed by atoms with Gasteiger partial charge in [0, 0.05) is 6.42 Å². The molecule has 0 aliphatic rings. The third-order valence-electron chi connectivity index (χ3n) is 15.2. The van der Waals surface area contributed by atoms with Gasteiger partial charge in [0.15, 0.2) is 0 Å². The van der Waals surface area contributed by atoms with Crippen molar-refractivity contribution in [3.05, 3.63) is 0 Å². The lowest BCUT2D eigenvalue weighted by atomic mass is 10.0. The zero-order valence-electron chi connectivity index (χ0n) is 46.5. The van der Waals surface area contributed by atoms with Crippen molar-refractivity contribution in [3.8, 4) is 0 Å². The number of hydrogen-bond donors (Lipinski definition) is 0. The number of unbranched alkanes of at least 4 members (excludes halogenated alkanes) is 57. The molecule has 0 aromatic carbocycles. The summed E-state index contributed by atoms with van der Waals surface area (Å²) in [6, 6.07) is 0. The standard InChI is InChI=1S/C64H128O2/c1-3-5-7-9-11-13-15-17-19-21-23-25-27-28-29-30-31-32-33-34-35-36-37-38-39-40-41-42-44-46-48-50-52-54-56-58-60-62-64(65)66-63-61-59-57-55-53-51-49-47-45-43-26-24-22-20-18-16-14-12-10-8-6-4-2/h3-63H2,1-2H3. The molecule has 0 amide bonds. The lowest BCUT2D eigenvalue weighted by molar-refractivity contribution is -0.143. The highest BCUT2D eigenvalue weighted by atomic mass is 16.5. The van der Waals surface area contributed by atoms with Crippen molar-refractivity contribution >= 4 is 5.97 Å². The second-order valence-corrected chi connectivity index (χ2v) is 22.1. The van der Waals surface area contributed by atoms with Crippen molar-refractivity contribution in [1.29, 1.82) is 0 Å². The monoisotopic (exact) mass is 929 g/mol. The van der Waals surface area contributed by atoms with Gasteiger partial charge in [0.2, 0.25) is 0 Å². The first-order valence-corrected chi connectivity index (χ1v) is 32.0. The molecule has 0 radical (unpaired) electrons. The van der Waals surface area contributed by atoms with Crippen molar-refractivity contribution in [2.45, 2.75) is 399 Å². The van der Waals surface area contributed by atoms with Gasteiger partial charge in [-0.2, -0.15) is 0 Å². The molecular weight excluding hydrogens is 801 g/mol. The second kappa shape index (κ2) is 62.5. The molecule has 0 aromatic heterocycles. The molecule has 2 nitrogen and oxygen atoms in total. The van der Waals surface area contributed by atoms with Gasteiger partial charge in [0.25, 0.3) is 0 Å². The summed E-state index contributed by atoms with van der Waals surface area (Å²) in [5.74, 6) is 0.0369. The van der Waals surface area contributed by atoms with Gasteiger partial charge in [-0.1, -0.05) is 380 Å². The van der Waals surface area contributed by atoms with Gasteiger partial charge in [0.1, 0.15) is 0 Å². The van der Waals surface area contributed by atoms with E-state index in [1.807, 2.05) is 0 Å². The van der Waals surface area contributed by atoms with Gasteiger partial charge < -0.3 is 4.74 Å². The molecule has 0 unspecified atom stereocenters. The van der Waals surface area contributed by atoms with Gasteiger partial charge in [-0.05, 0) is 12.8 Å². The Kier molecular flexibility index (Phi) is 62.0. The van der Waals surface area contributed by atoms with Crippen LogP contribution in [0.15, 0.2) is 0 Å². The van der Waals surface area contributed by atoms with Crippen LogP contribution in [0.2, 0.25) is 0 Å². The Morgan fingerprint density at radius 1 is 0.197 bits per heavy atom. The first-order valence-electron chi connectivity index (χ1n) is 32.0. The topological polar surface area (TPSA) is 26.3 Å². The Labute approximate surface area is 419 Å². The highest BCUT2D eigenvalue weighted by Crippen LogP contribution is 2.19. The SMILES string of the molecule is CCCCCCCCCCCCCCCCCCCCCCCCCCCCCCCCCCCCCCCC(=O)OCCCCCCCCCCCCCCCCCCCCCCCC. The fourth-order valence-electron chi connectivity index (χ4n) is 10.5. The molecule has 0 saturated carbocycles. The van der Waals surface area contributed by atoms with E-state index in [4.69, 9.17) is 4.74 Å². The summed E-state index contributed by atoms with van der Waals surface area (Å²) >= 11 is 0. The van der Waals surface area contributed by atoms with E-state index in [2.05, 4.69) is 13.8 Å². The maximum Gasteiger partial charge on any atom is 0.305 e. The molecule has 396 valence electrons. The van der Waals surface area contributed by atoms with Gasteiger partial charge >= 0.3 is 5.97 Å². The van der Waals surface area contributed by atoms with Crippen LogP contribution in [0.3, 0.4) is 0 Å². The van der Waals surface area contributed by atoms with E-state index in [1.54, 1.807) is 0 Å². The number of esters is 1. The Bertz CT molecular complexity index is 837. The van der Waals surface area contributed by atoms with E-state index in [9.17, 15) is 4.79 Å². The Morgan fingerprint density at radius 2 is 0.333 bits per heavy atom. The molecule has 0 atom stereocenters. The molecule has 0 rings (SSSR count). The van der Waals surface area contributed by atoms with Crippen LogP contribution in [0.4, 0.5) is 0 Å². The summed E-state index contributed by atoms with van der Waals surface area (Å²) in [5.41, 5.74) is 0. The summed E-state index contributed by atoms with van der Waals surface area (Å²) in [6.45, 7) is 5.25. The van der Waals surface area contributed by atoms with Gasteiger partial charge in [-0.15, -0.1) is 0 Å². The number of ether oxygens (including phenoxy) is 1. The summed E-state index contributed by atoms with van der Waals surface area (Å²) in [4.78, 5) is 12.1. The summed E-state index contributed by atoms with van der Waals surface area (Å²) in [5, 5.41) is 0. The average molecular weight is 930 g/mol. The minimum Gasteiger partial charge on any atom is -0.466 e. The molecule has 0 bridgehead atoms. The molecule has 0 aromatic rings. The maximum absolute atomic E-state index is 12.1. The zero-order chi connectivity index (χ0) is 47.4. The van der Waals surface area contributed by atoms with Crippen LogP contribution in [0, 0.1) is 0 Å². The van der Waals surface area contributed by atoms with E-state index in [1.165, 1.54) is 366 Å². The highest BCUT2D eigenvalue weighted by molar-refractivity contribution is 5.69. The van der Waals surface area contributed by atoms with E-state index in [0.29, 0.717) is 13.0 Å².